The minimum atomic E-state index is -0.187. The Morgan fingerprint density at radius 3 is 2.75 bits per heavy atom. The summed E-state index contributed by atoms with van der Waals surface area (Å²) < 4.78 is 5.43. The molecule has 1 N–H and O–H groups in total. The van der Waals surface area contributed by atoms with Crippen LogP contribution in [0, 0.1) is 11.3 Å². The van der Waals surface area contributed by atoms with E-state index in [4.69, 9.17) is 10.00 Å². The third-order valence-electron chi connectivity index (χ3n) is 3.22. The number of hydrogen-bond acceptors (Lipinski definition) is 3. The Morgan fingerprint density at radius 1 is 1.20 bits per heavy atom. The molecule has 0 spiro atoms. The normalized spacial score (nSPS) is 12.2. The van der Waals surface area contributed by atoms with Gasteiger partial charge in [-0.15, -0.1) is 0 Å². The van der Waals surface area contributed by atoms with Crippen molar-refractivity contribution in [2.24, 2.45) is 0 Å². The zero-order valence-electron chi connectivity index (χ0n) is 10.7. The summed E-state index contributed by atoms with van der Waals surface area (Å²) in [6, 6.07) is 14.2. The van der Waals surface area contributed by atoms with Crippen LogP contribution in [0.25, 0.3) is 0 Å². The number of nitrogens with one attached hydrogen (secondary N) is 1. The second kappa shape index (κ2) is 5.06. The maximum atomic E-state index is 12.1. The van der Waals surface area contributed by atoms with Gasteiger partial charge in [0.15, 0.2) is 0 Å². The first-order valence-electron chi connectivity index (χ1n) is 6.33. The van der Waals surface area contributed by atoms with Crippen LogP contribution in [-0.2, 0) is 6.42 Å². The lowest BCUT2D eigenvalue weighted by molar-refractivity contribution is 0.102. The molecule has 0 saturated carbocycles. The zero-order chi connectivity index (χ0) is 13.9. The van der Waals surface area contributed by atoms with Crippen LogP contribution in [0.5, 0.6) is 5.75 Å². The molecule has 4 nitrogen and oxygen atoms in total. The Morgan fingerprint density at radius 2 is 2.00 bits per heavy atom. The van der Waals surface area contributed by atoms with Gasteiger partial charge in [-0.05, 0) is 48.0 Å². The predicted molar refractivity (Wildman–Crippen MR) is 74.8 cm³/mol. The molecule has 2 aromatic rings. The molecule has 1 aliphatic heterocycles. The first-order chi connectivity index (χ1) is 9.76. The number of nitriles is 1. The van der Waals surface area contributed by atoms with Crippen LogP contribution in [0.2, 0.25) is 0 Å². The molecule has 0 bridgehead atoms. The van der Waals surface area contributed by atoms with Crippen LogP contribution in [0.1, 0.15) is 21.5 Å². The van der Waals surface area contributed by atoms with Crippen LogP contribution < -0.4 is 10.1 Å². The van der Waals surface area contributed by atoms with Gasteiger partial charge in [-0.2, -0.15) is 5.26 Å². The van der Waals surface area contributed by atoms with Gasteiger partial charge in [0.05, 0.1) is 18.2 Å². The van der Waals surface area contributed by atoms with Crippen molar-refractivity contribution in [2.75, 3.05) is 11.9 Å². The Labute approximate surface area is 116 Å². The van der Waals surface area contributed by atoms with Crippen molar-refractivity contribution in [1.29, 1.82) is 5.26 Å². The molecule has 0 fully saturated rings. The summed E-state index contributed by atoms with van der Waals surface area (Å²) in [5.41, 5.74) is 2.93. The molecule has 0 radical (unpaired) electrons. The summed E-state index contributed by atoms with van der Waals surface area (Å²) in [6.45, 7) is 0.697. The number of fused-ring (bicyclic) bond motifs is 1. The molecule has 0 unspecified atom stereocenters. The van der Waals surface area contributed by atoms with E-state index >= 15 is 0 Å². The lowest BCUT2D eigenvalue weighted by atomic mass is 10.1. The summed E-state index contributed by atoms with van der Waals surface area (Å²) in [5, 5.41) is 11.6. The van der Waals surface area contributed by atoms with E-state index in [-0.39, 0.29) is 5.91 Å². The van der Waals surface area contributed by atoms with E-state index < -0.39 is 0 Å². The number of carbonyl (C=O) groups excluding carboxylic acids is 1. The Kier molecular flexibility index (Phi) is 3.10. The average molecular weight is 264 g/mol. The van der Waals surface area contributed by atoms with Crippen molar-refractivity contribution < 1.29 is 9.53 Å². The molecule has 20 heavy (non-hydrogen) atoms. The van der Waals surface area contributed by atoms with Gasteiger partial charge in [-0.1, -0.05) is 0 Å². The number of anilines is 1. The molecule has 98 valence electrons. The Balaban J connectivity index is 1.77. The maximum Gasteiger partial charge on any atom is 0.255 e. The lowest BCUT2D eigenvalue weighted by Crippen LogP contribution is -2.11. The zero-order valence-corrected chi connectivity index (χ0v) is 10.7. The summed E-state index contributed by atoms with van der Waals surface area (Å²) in [7, 11) is 0. The largest absolute Gasteiger partial charge is 0.493 e. The number of hydrogen-bond donors (Lipinski definition) is 1. The van der Waals surface area contributed by atoms with Crippen molar-refractivity contribution in [3.8, 4) is 11.8 Å². The molecule has 3 rings (SSSR count). The first kappa shape index (κ1) is 12.2. The second-order valence-corrected chi connectivity index (χ2v) is 4.56. The van der Waals surface area contributed by atoms with Crippen LogP contribution in [0.4, 0.5) is 5.69 Å². The maximum absolute atomic E-state index is 12.1. The fraction of sp³-hybridized carbons (Fsp3) is 0.125. The predicted octanol–water partition coefficient (Wildman–Crippen LogP) is 2.75. The molecule has 2 aromatic carbocycles. The SMILES string of the molecule is N#Cc1ccc(C(=O)Nc2ccc3c(c2)CCO3)cc1. The summed E-state index contributed by atoms with van der Waals surface area (Å²) >= 11 is 0. The fourth-order valence-corrected chi connectivity index (χ4v) is 2.16. The van der Waals surface area contributed by atoms with Crippen molar-refractivity contribution in [3.63, 3.8) is 0 Å². The number of benzene rings is 2. The van der Waals surface area contributed by atoms with Crippen molar-refractivity contribution in [3.05, 3.63) is 59.2 Å². The minimum absolute atomic E-state index is 0.187. The minimum Gasteiger partial charge on any atom is -0.493 e. The van der Waals surface area contributed by atoms with E-state index in [9.17, 15) is 4.79 Å². The van der Waals surface area contributed by atoms with Gasteiger partial charge in [0, 0.05) is 17.7 Å². The molecule has 0 saturated heterocycles. The molecular weight excluding hydrogens is 252 g/mol. The molecule has 1 aliphatic rings. The third-order valence-corrected chi connectivity index (χ3v) is 3.22. The van der Waals surface area contributed by atoms with E-state index in [1.807, 2.05) is 24.3 Å². The van der Waals surface area contributed by atoms with Gasteiger partial charge in [-0.25, -0.2) is 0 Å². The fourth-order valence-electron chi connectivity index (χ4n) is 2.16. The quantitative estimate of drug-likeness (QED) is 0.907. The number of rotatable bonds is 2. The monoisotopic (exact) mass is 264 g/mol. The molecule has 0 aromatic heterocycles. The second-order valence-electron chi connectivity index (χ2n) is 4.56. The molecule has 1 heterocycles. The summed E-state index contributed by atoms with van der Waals surface area (Å²) in [5.74, 6) is 0.703. The van der Waals surface area contributed by atoms with Crippen LogP contribution in [-0.4, -0.2) is 12.5 Å². The molecule has 1 amide bonds. The first-order valence-corrected chi connectivity index (χ1v) is 6.33. The molecular formula is C16H12N2O2. The van der Waals surface area contributed by atoms with Crippen LogP contribution in [0.15, 0.2) is 42.5 Å². The van der Waals surface area contributed by atoms with Crippen molar-refractivity contribution in [2.45, 2.75) is 6.42 Å². The van der Waals surface area contributed by atoms with E-state index in [0.29, 0.717) is 17.7 Å². The highest BCUT2D eigenvalue weighted by Crippen LogP contribution is 2.28. The van der Waals surface area contributed by atoms with E-state index in [1.165, 1.54) is 0 Å². The van der Waals surface area contributed by atoms with E-state index in [1.54, 1.807) is 24.3 Å². The number of carbonyl (C=O) groups is 1. The number of amides is 1. The Hall–Kier alpha value is -2.80. The van der Waals surface area contributed by atoms with Crippen molar-refractivity contribution >= 4 is 11.6 Å². The highest BCUT2D eigenvalue weighted by molar-refractivity contribution is 6.04. The molecule has 0 atom stereocenters. The highest BCUT2D eigenvalue weighted by Gasteiger charge is 2.13. The Bertz CT molecular complexity index is 699. The number of ether oxygens (including phenoxy) is 1. The van der Waals surface area contributed by atoms with Gasteiger partial charge in [0.1, 0.15) is 5.75 Å². The summed E-state index contributed by atoms with van der Waals surface area (Å²) in [6.07, 6.45) is 0.871. The highest BCUT2D eigenvalue weighted by atomic mass is 16.5. The van der Waals surface area contributed by atoms with E-state index in [2.05, 4.69) is 5.32 Å². The van der Waals surface area contributed by atoms with Gasteiger partial charge in [-0.3, -0.25) is 4.79 Å². The van der Waals surface area contributed by atoms with Crippen LogP contribution in [0.3, 0.4) is 0 Å². The van der Waals surface area contributed by atoms with Gasteiger partial charge in [0.2, 0.25) is 0 Å². The van der Waals surface area contributed by atoms with Gasteiger partial charge < -0.3 is 10.1 Å². The van der Waals surface area contributed by atoms with E-state index in [0.717, 1.165) is 23.4 Å². The standard InChI is InChI=1S/C16H12N2O2/c17-10-11-1-3-12(4-2-11)16(19)18-14-5-6-15-13(9-14)7-8-20-15/h1-6,9H,7-8H2,(H,18,19). The molecule has 4 heteroatoms. The van der Waals surface area contributed by atoms with Gasteiger partial charge in [0.25, 0.3) is 5.91 Å². The molecule has 0 aliphatic carbocycles. The van der Waals surface area contributed by atoms with Crippen molar-refractivity contribution in [1.82, 2.24) is 0 Å². The summed E-state index contributed by atoms with van der Waals surface area (Å²) in [4.78, 5) is 12.1. The third kappa shape index (κ3) is 2.34. The van der Waals surface area contributed by atoms with Crippen LogP contribution >= 0.6 is 0 Å². The number of nitrogens with zero attached hydrogens (tertiary/aromatic N) is 1. The average Bonchev–Trinajstić information content (AvgIpc) is 2.95. The van der Waals surface area contributed by atoms with Gasteiger partial charge >= 0.3 is 0 Å². The lowest BCUT2D eigenvalue weighted by Gasteiger charge is -2.07. The topological polar surface area (TPSA) is 62.1 Å². The smallest absolute Gasteiger partial charge is 0.255 e.